The number of aromatic nitrogens is 1. The van der Waals surface area contributed by atoms with E-state index in [9.17, 15) is 13.2 Å². The highest BCUT2D eigenvalue weighted by molar-refractivity contribution is 7.89. The third-order valence-electron chi connectivity index (χ3n) is 5.24. The zero-order valence-corrected chi connectivity index (χ0v) is 16.7. The fourth-order valence-electron chi connectivity index (χ4n) is 3.61. The molecule has 3 rings (SSSR count). The van der Waals surface area contributed by atoms with Gasteiger partial charge in [0.15, 0.2) is 0 Å². The van der Waals surface area contributed by atoms with Gasteiger partial charge in [-0.15, -0.1) is 0 Å². The zero-order valence-electron chi connectivity index (χ0n) is 15.9. The van der Waals surface area contributed by atoms with Gasteiger partial charge in [-0.25, -0.2) is 18.2 Å². The Labute approximate surface area is 160 Å². The molecule has 1 unspecified atom stereocenters. The highest BCUT2D eigenvalue weighted by Crippen LogP contribution is 2.31. The van der Waals surface area contributed by atoms with Crippen molar-refractivity contribution in [1.29, 1.82) is 0 Å². The molecule has 0 amide bonds. The zero-order chi connectivity index (χ0) is 19.4. The molecule has 9 heteroatoms. The van der Waals surface area contributed by atoms with Gasteiger partial charge in [-0.3, -0.25) is 0 Å². The Morgan fingerprint density at radius 1 is 1.33 bits per heavy atom. The van der Waals surface area contributed by atoms with Crippen molar-refractivity contribution in [2.75, 3.05) is 51.4 Å². The molecule has 2 saturated heterocycles. The van der Waals surface area contributed by atoms with Crippen molar-refractivity contribution in [3.8, 4) is 0 Å². The first-order valence-electron chi connectivity index (χ1n) is 9.38. The van der Waals surface area contributed by atoms with E-state index in [1.54, 1.807) is 0 Å². The first kappa shape index (κ1) is 20.0. The summed E-state index contributed by atoms with van der Waals surface area (Å²) >= 11 is 0. The van der Waals surface area contributed by atoms with Crippen molar-refractivity contribution in [2.24, 2.45) is 5.92 Å². The molecule has 0 aromatic carbocycles. The van der Waals surface area contributed by atoms with Gasteiger partial charge in [-0.1, -0.05) is 13.3 Å². The Hall–Kier alpha value is -1.71. The van der Waals surface area contributed by atoms with Crippen LogP contribution in [0.2, 0.25) is 0 Å². The summed E-state index contributed by atoms with van der Waals surface area (Å²) in [6.45, 7) is 4.98. The van der Waals surface area contributed by atoms with Gasteiger partial charge in [0.2, 0.25) is 10.0 Å². The van der Waals surface area contributed by atoms with Crippen LogP contribution in [0.15, 0.2) is 17.2 Å². The van der Waals surface area contributed by atoms with Crippen LogP contribution in [0.4, 0.5) is 5.82 Å². The molecule has 0 bridgehead atoms. The lowest BCUT2D eigenvalue weighted by Gasteiger charge is -2.35. The number of hydrogen-bond donors (Lipinski definition) is 0. The summed E-state index contributed by atoms with van der Waals surface area (Å²) in [6, 6.07) is 1.40. The van der Waals surface area contributed by atoms with Gasteiger partial charge in [0.25, 0.3) is 0 Å². The second kappa shape index (κ2) is 8.53. The third kappa shape index (κ3) is 4.25. The Balaban J connectivity index is 2.03. The predicted molar refractivity (Wildman–Crippen MR) is 100 cm³/mol. The highest BCUT2D eigenvalue weighted by Gasteiger charge is 2.33. The molecule has 1 aromatic heterocycles. The molecular formula is C18H27N3O5S. The molecule has 27 heavy (non-hydrogen) atoms. The predicted octanol–water partition coefficient (Wildman–Crippen LogP) is 1.52. The minimum atomic E-state index is -3.79. The molecule has 0 radical (unpaired) electrons. The third-order valence-corrected chi connectivity index (χ3v) is 7.14. The summed E-state index contributed by atoms with van der Waals surface area (Å²) in [5.74, 6) is 0.338. The molecule has 0 saturated carbocycles. The highest BCUT2D eigenvalue weighted by atomic mass is 32.2. The number of sulfonamides is 1. The number of ether oxygens (including phenoxy) is 2. The second-order valence-corrected chi connectivity index (χ2v) is 8.82. The number of hydrogen-bond acceptors (Lipinski definition) is 7. The van der Waals surface area contributed by atoms with Crippen molar-refractivity contribution in [1.82, 2.24) is 9.29 Å². The number of esters is 1. The van der Waals surface area contributed by atoms with Gasteiger partial charge in [-0.2, -0.15) is 4.31 Å². The second-order valence-electron chi connectivity index (χ2n) is 6.92. The largest absolute Gasteiger partial charge is 0.465 e. The first-order chi connectivity index (χ1) is 13.0. The maximum Gasteiger partial charge on any atom is 0.339 e. The molecule has 2 aliphatic heterocycles. The van der Waals surface area contributed by atoms with Gasteiger partial charge in [0, 0.05) is 32.4 Å². The summed E-state index contributed by atoms with van der Waals surface area (Å²) < 4.78 is 38.1. The van der Waals surface area contributed by atoms with Crippen LogP contribution < -0.4 is 4.90 Å². The quantitative estimate of drug-likeness (QED) is 0.696. The SMILES string of the molecule is CCC1CCCN(c2ncc(C(=O)OC)cc2S(=O)(=O)N2CCOCC2)C1. The van der Waals surface area contributed by atoms with E-state index in [2.05, 4.69) is 11.9 Å². The Kier molecular flexibility index (Phi) is 6.33. The molecule has 2 aliphatic rings. The monoisotopic (exact) mass is 397 g/mol. The van der Waals surface area contributed by atoms with Crippen LogP contribution in [0.25, 0.3) is 0 Å². The van der Waals surface area contributed by atoms with Crippen LogP contribution in [0, 0.1) is 5.92 Å². The van der Waals surface area contributed by atoms with E-state index >= 15 is 0 Å². The fraction of sp³-hybridized carbons (Fsp3) is 0.667. The molecule has 1 atom stereocenters. The lowest BCUT2D eigenvalue weighted by atomic mass is 9.96. The number of rotatable bonds is 5. The summed E-state index contributed by atoms with van der Waals surface area (Å²) in [5, 5.41) is 0. The van der Waals surface area contributed by atoms with Gasteiger partial charge in [0.1, 0.15) is 10.7 Å². The number of anilines is 1. The number of piperidine rings is 1. The Morgan fingerprint density at radius 3 is 2.74 bits per heavy atom. The number of nitrogens with zero attached hydrogens (tertiary/aromatic N) is 3. The maximum absolute atomic E-state index is 13.3. The Morgan fingerprint density at radius 2 is 2.07 bits per heavy atom. The topological polar surface area (TPSA) is 89.0 Å². The van der Waals surface area contributed by atoms with Crippen LogP contribution in [-0.2, 0) is 19.5 Å². The average Bonchev–Trinajstić information content (AvgIpc) is 2.73. The normalized spacial score (nSPS) is 21.9. The Bertz CT molecular complexity index is 777. The van der Waals surface area contributed by atoms with Crippen molar-refractivity contribution < 1.29 is 22.7 Å². The minimum Gasteiger partial charge on any atom is -0.465 e. The lowest BCUT2D eigenvalue weighted by Crippen LogP contribution is -2.42. The maximum atomic E-state index is 13.3. The molecular weight excluding hydrogens is 370 g/mol. The molecule has 8 nitrogen and oxygen atoms in total. The van der Waals surface area contributed by atoms with Crippen molar-refractivity contribution in [2.45, 2.75) is 31.1 Å². The summed E-state index contributed by atoms with van der Waals surface area (Å²) in [6.07, 6.45) is 4.58. The number of carbonyl (C=O) groups is 1. The average molecular weight is 397 g/mol. The summed E-state index contributed by atoms with van der Waals surface area (Å²) in [7, 11) is -2.52. The number of morpholine rings is 1. The first-order valence-corrected chi connectivity index (χ1v) is 10.8. The summed E-state index contributed by atoms with van der Waals surface area (Å²) in [5.41, 5.74) is 0.136. The lowest BCUT2D eigenvalue weighted by molar-refractivity contribution is 0.0599. The van der Waals surface area contributed by atoms with Crippen molar-refractivity contribution in [3.05, 3.63) is 17.8 Å². The van der Waals surface area contributed by atoms with Gasteiger partial charge < -0.3 is 14.4 Å². The van der Waals surface area contributed by atoms with E-state index in [1.807, 2.05) is 4.90 Å². The van der Waals surface area contributed by atoms with Crippen LogP contribution in [0.3, 0.4) is 0 Å². The molecule has 2 fully saturated rings. The van der Waals surface area contributed by atoms with E-state index in [1.165, 1.54) is 23.7 Å². The standard InChI is InChI=1S/C18H27N3O5S/c1-3-14-5-4-6-20(13-14)17-16(11-15(12-19-17)18(22)25-2)27(23,24)21-7-9-26-10-8-21/h11-12,14H,3-10,13H2,1-2H3. The van der Waals surface area contributed by atoms with Gasteiger partial charge in [-0.05, 0) is 24.8 Å². The fourth-order valence-corrected chi connectivity index (χ4v) is 5.21. The molecule has 150 valence electrons. The minimum absolute atomic E-state index is 0.0732. The van der Waals surface area contributed by atoms with E-state index in [0.29, 0.717) is 38.0 Å². The molecule has 3 heterocycles. The van der Waals surface area contributed by atoms with Crippen LogP contribution in [0.1, 0.15) is 36.5 Å². The number of pyridine rings is 1. The van der Waals surface area contributed by atoms with Crippen molar-refractivity contribution >= 4 is 21.8 Å². The molecule has 1 aromatic rings. The molecule has 0 N–H and O–H groups in total. The van der Waals surface area contributed by atoms with E-state index in [0.717, 1.165) is 32.4 Å². The number of methoxy groups -OCH3 is 1. The van der Waals surface area contributed by atoms with E-state index < -0.39 is 16.0 Å². The van der Waals surface area contributed by atoms with Gasteiger partial charge in [0.05, 0.1) is 25.9 Å². The molecule has 0 aliphatic carbocycles. The van der Waals surface area contributed by atoms with E-state index in [-0.39, 0.29) is 10.5 Å². The van der Waals surface area contributed by atoms with Crippen molar-refractivity contribution in [3.63, 3.8) is 0 Å². The van der Waals surface area contributed by atoms with Crippen LogP contribution in [0.5, 0.6) is 0 Å². The van der Waals surface area contributed by atoms with Gasteiger partial charge >= 0.3 is 5.97 Å². The van der Waals surface area contributed by atoms with Crippen LogP contribution >= 0.6 is 0 Å². The summed E-state index contributed by atoms with van der Waals surface area (Å²) in [4.78, 5) is 18.4. The number of carbonyl (C=O) groups excluding carboxylic acids is 1. The molecule has 0 spiro atoms. The van der Waals surface area contributed by atoms with Crippen LogP contribution in [-0.4, -0.2) is 70.2 Å². The van der Waals surface area contributed by atoms with E-state index in [4.69, 9.17) is 9.47 Å². The smallest absolute Gasteiger partial charge is 0.339 e.